The number of nitrogens with one attached hydrogen (secondary N) is 2. The number of hydrogen-bond donors (Lipinski definition) is 2. The lowest BCUT2D eigenvalue weighted by Gasteiger charge is -2.15. The van der Waals surface area contributed by atoms with Crippen LogP contribution in [0.5, 0.6) is 0 Å². The quantitative estimate of drug-likeness (QED) is 0.792. The van der Waals surface area contributed by atoms with Gasteiger partial charge in [0.05, 0.1) is 18.3 Å². The summed E-state index contributed by atoms with van der Waals surface area (Å²) in [4.78, 5) is 15.8. The molecular formula is C13H17N3O2. The van der Waals surface area contributed by atoms with Crippen LogP contribution in [0, 0.1) is 11.8 Å². The van der Waals surface area contributed by atoms with Crippen LogP contribution in [0.25, 0.3) is 0 Å². The Morgan fingerprint density at radius 1 is 1.56 bits per heavy atom. The lowest BCUT2D eigenvalue weighted by Crippen LogP contribution is -2.33. The predicted molar refractivity (Wildman–Crippen MR) is 66.2 cm³/mol. The Labute approximate surface area is 106 Å². The van der Waals surface area contributed by atoms with Crippen molar-refractivity contribution < 1.29 is 9.53 Å². The molecule has 18 heavy (non-hydrogen) atoms. The van der Waals surface area contributed by atoms with Crippen LogP contribution < -0.4 is 10.6 Å². The molecule has 3 heterocycles. The molecule has 5 heteroatoms. The molecular weight excluding hydrogens is 230 g/mol. The van der Waals surface area contributed by atoms with Crippen LogP contribution in [-0.2, 0) is 4.74 Å². The van der Waals surface area contributed by atoms with E-state index in [0.717, 1.165) is 19.7 Å². The second-order valence-electron chi connectivity index (χ2n) is 4.91. The van der Waals surface area contributed by atoms with Gasteiger partial charge in [-0.05, 0) is 12.1 Å². The molecule has 1 amide bonds. The fraction of sp³-hybridized carbons (Fsp3) is 0.538. The molecule has 0 bridgehead atoms. The third-order valence-corrected chi connectivity index (χ3v) is 3.78. The van der Waals surface area contributed by atoms with E-state index >= 15 is 0 Å². The molecule has 1 aromatic rings. The van der Waals surface area contributed by atoms with Gasteiger partial charge in [-0.2, -0.15) is 0 Å². The van der Waals surface area contributed by atoms with Gasteiger partial charge >= 0.3 is 0 Å². The Morgan fingerprint density at radius 2 is 2.50 bits per heavy atom. The first kappa shape index (κ1) is 11.6. The molecule has 0 radical (unpaired) electrons. The topological polar surface area (TPSA) is 63.2 Å². The van der Waals surface area contributed by atoms with Crippen molar-refractivity contribution in [3.63, 3.8) is 0 Å². The fourth-order valence-corrected chi connectivity index (χ4v) is 2.73. The van der Waals surface area contributed by atoms with Crippen molar-refractivity contribution in [2.75, 3.05) is 26.2 Å². The van der Waals surface area contributed by atoms with E-state index in [-0.39, 0.29) is 5.91 Å². The van der Waals surface area contributed by atoms with Crippen LogP contribution in [0.15, 0.2) is 24.5 Å². The van der Waals surface area contributed by atoms with E-state index in [4.69, 9.17) is 4.74 Å². The van der Waals surface area contributed by atoms with Gasteiger partial charge in [0.1, 0.15) is 0 Å². The van der Waals surface area contributed by atoms with Crippen LogP contribution in [0.1, 0.15) is 10.4 Å². The molecule has 0 aromatic carbocycles. The summed E-state index contributed by atoms with van der Waals surface area (Å²) in [5.74, 6) is 0.905. The Hall–Kier alpha value is -1.46. The van der Waals surface area contributed by atoms with Gasteiger partial charge in [0.25, 0.3) is 5.91 Å². The van der Waals surface area contributed by atoms with Gasteiger partial charge in [0, 0.05) is 43.9 Å². The minimum Gasteiger partial charge on any atom is -0.376 e. The molecule has 2 N–H and O–H groups in total. The van der Waals surface area contributed by atoms with E-state index in [1.54, 1.807) is 24.5 Å². The van der Waals surface area contributed by atoms with Gasteiger partial charge in [0.15, 0.2) is 0 Å². The highest BCUT2D eigenvalue weighted by atomic mass is 16.5. The second kappa shape index (κ2) is 5.04. The van der Waals surface area contributed by atoms with Crippen molar-refractivity contribution in [1.82, 2.24) is 15.6 Å². The summed E-state index contributed by atoms with van der Waals surface area (Å²) in [6, 6.07) is 3.54. The first-order valence-corrected chi connectivity index (χ1v) is 6.35. The molecule has 0 aliphatic carbocycles. The Bertz CT molecular complexity index is 424. The van der Waals surface area contributed by atoms with Gasteiger partial charge in [-0.1, -0.05) is 0 Å². The molecule has 96 valence electrons. The Balaban J connectivity index is 1.54. The van der Waals surface area contributed by atoms with Crippen molar-refractivity contribution in [2.24, 2.45) is 11.8 Å². The van der Waals surface area contributed by atoms with E-state index in [1.165, 1.54) is 0 Å². The minimum absolute atomic E-state index is 0.0579. The summed E-state index contributed by atoms with van der Waals surface area (Å²) >= 11 is 0. The normalized spacial score (nSPS) is 30.1. The van der Waals surface area contributed by atoms with Gasteiger partial charge in [0.2, 0.25) is 0 Å². The Kier molecular flexibility index (Phi) is 3.25. The van der Waals surface area contributed by atoms with Crippen LogP contribution >= 0.6 is 0 Å². The maximum Gasteiger partial charge on any atom is 0.252 e. The smallest absolute Gasteiger partial charge is 0.252 e. The van der Waals surface area contributed by atoms with Crippen LogP contribution in [0.2, 0.25) is 0 Å². The molecule has 2 saturated heterocycles. The van der Waals surface area contributed by atoms with Crippen molar-refractivity contribution in [2.45, 2.75) is 6.10 Å². The number of ether oxygens (including phenoxy) is 1. The van der Waals surface area contributed by atoms with Gasteiger partial charge in [-0.15, -0.1) is 0 Å². The number of carbonyl (C=O) groups is 1. The molecule has 2 aliphatic heterocycles. The van der Waals surface area contributed by atoms with Crippen molar-refractivity contribution in [1.29, 1.82) is 0 Å². The van der Waals surface area contributed by atoms with E-state index < -0.39 is 0 Å². The largest absolute Gasteiger partial charge is 0.376 e. The highest BCUT2D eigenvalue weighted by Crippen LogP contribution is 2.29. The highest BCUT2D eigenvalue weighted by molar-refractivity contribution is 5.93. The minimum atomic E-state index is -0.0579. The average molecular weight is 247 g/mol. The first-order valence-electron chi connectivity index (χ1n) is 6.35. The SMILES string of the molecule is O=C(NC[C@@H]1CO[C@H]2CNC[C@@H]12)c1cccnc1. The van der Waals surface area contributed by atoms with Crippen molar-refractivity contribution >= 4 is 5.91 Å². The monoisotopic (exact) mass is 247 g/mol. The number of nitrogens with zero attached hydrogens (tertiary/aromatic N) is 1. The molecule has 3 rings (SSSR count). The van der Waals surface area contributed by atoms with Crippen molar-refractivity contribution in [3.8, 4) is 0 Å². The van der Waals surface area contributed by atoms with Gasteiger partial charge in [-0.25, -0.2) is 0 Å². The number of hydrogen-bond acceptors (Lipinski definition) is 4. The van der Waals surface area contributed by atoms with E-state index in [1.807, 2.05) is 0 Å². The number of aromatic nitrogens is 1. The van der Waals surface area contributed by atoms with E-state index in [0.29, 0.717) is 30.0 Å². The fourth-order valence-electron chi connectivity index (χ4n) is 2.73. The zero-order valence-corrected chi connectivity index (χ0v) is 10.1. The zero-order valence-electron chi connectivity index (χ0n) is 10.1. The molecule has 0 spiro atoms. The number of fused-ring (bicyclic) bond motifs is 1. The number of amides is 1. The summed E-state index contributed by atoms with van der Waals surface area (Å²) in [5, 5.41) is 6.29. The van der Waals surface area contributed by atoms with Gasteiger partial charge < -0.3 is 15.4 Å². The summed E-state index contributed by atoms with van der Waals surface area (Å²) in [7, 11) is 0. The Morgan fingerprint density at radius 3 is 3.33 bits per heavy atom. The molecule has 0 unspecified atom stereocenters. The van der Waals surface area contributed by atoms with Crippen LogP contribution in [-0.4, -0.2) is 43.2 Å². The highest BCUT2D eigenvalue weighted by Gasteiger charge is 2.40. The summed E-state index contributed by atoms with van der Waals surface area (Å²) in [6.45, 7) is 3.37. The van der Waals surface area contributed by atoms with E-state index in [9.17, 15) is 4.79 Å². The number of carbonyl (C=O) groups excluding carboxylic acids is 1. The van der Waals surface area contributed by atoms with Crippen LogP contribution in [0.3, 0.4) is 0 Å². The molecule has 2 fully saturated rings. The summed E-state index contributed by atoms with van der Waals surface area (Å²) in [5.41, 5.74) is 0.609. The molecule has 3 atom stereocenters. The third-order valence-electron chi connectivity index (χ3n) is 3.78. The number of pyridine rings is 1. The summed E-state index contributed by atoms with van der Waals surface area (Å²) in [6.07, 6.45) is 3.59. The van der Waals surface area contributed by atoms with E-state index in [2.05, 4.69) is 15.6 Å². The predicted octanol–water partition coefficient (Wildman–Crippen LogP) is 0.0458. The number of rotatable bonds is 3. The maximum atomic E-state index is 11.9. The zero-order chi connectivity index (χ0) is 12.4. The maximum absolute atomic E-state index is 11.9. The molecule has 5 nitrogen and oxygen atoms in total. The van der Waals surface area contributed by atoms with Gasteiger partial charge in [-0.3, -0.25) is 9.78 Å². The lowest BCUT2D eigenvalue weighted by molar-refractivity contribution is 0.0938. The first-order chi connectivity index (χ1) is 8.84. The molecule has 1 aromatic heterocycles. The average Bonchev–Trinajstić information content (AvgIpc) is 3.00. The molecule has 2 aliphatic rings. The van der Waals surface area contributed by atoms with Crippen LogP contribution in [0.4, 0.5) is 0 Å². The standard InChI is InChI=1S/C13H17N3O2/c17-13(9-2-1-3-14-4-9)16-5-10-8-18-12-7-15-6-11(10)12/h1-4,10-12,15H,5-8H2,(H,16,17)/t10-,11+,12+/m1/s1. The third kappa shape index (κ3) is 2.23. The molecule has 0 saturated carbocycles. The van der Waals surface area contributed by atoms with Crippen molar-refractivity contribution in [3.05, 3.63) is 30.1 Å². The summed E-state index contributed by atoms with van der Waals surface area (Å²) < 4.78 is 5.70. The lowest BCUT2D eigenvalue weighted by atomic mass is 9.93. The second-order valence-corrected chi connectivity index (χ2v) is 4.91.